The first-order chi connectivity index (χ1) is 21.1. The van der Waals surface area contributed by atoms with E-state index in [9.17, 15) is 19.7 Å². The molecule has 0 saturated carbocycles. The van der Waals surface area contributed by atoms with Crippen molar-refractivity contribution in [1.29, 1.82) is 0 Å². The molecular weight excluding hydrogens is 650 g/mol. The number of carbonyl (C=O) groups excluding carboxylic acids is 1. The number of esters is 1. The minimum Gasteiger partial charge on any atom is -0.493 e. The first kappa shape index (κ1) is 30.9. The smallest absolute Gasteiger partial charge is 0.338 e. The van der Waals surface area contributed by atoms with E-state index in [2.05, 4.69) is 20.9 Å². The molecule has 0 saturated heterocycles. The molecule has 1 aromatic heterocycles. The van der Waals surface area contributed by atoms with Gasteiger partial charge >= 0.3 is 5.97 Å². The van der Waals surface area contributed by atoms with E-state index < -0.39 is 22.5 Å². The Labute approximate surface area is 264 Å². The van der Waals surface area contributed by atoms with Crippen LogP contribution < -0.4 is 24.4 Å². The maximum atomic E-state index is 14.0. The molecule has 0 unspecified atom stereocenters. The number of carbonyl (C=O) groups is 1. The Hall–Kier alpha value is -4.55. The van der Waals surface area contributed by atoms with Gasteiger partial charge in [0.15, 0.2) is 16.3 Å². The first-order valence-electron chi connectivity index (χ1n) is 13.6. The molecule has 0 spiro atoms. The minimum atomic E-state index is -0.971. The molecule has 1 aliphatic rings. The van der Waals surface area contributed by atoms with Gasteiger partial charge in [0.05, 0.1) is 45.0 Å². The van der Waals surface area contributed by atoms with E-state index in [0.717, 1.165) is 16.9 Å². The third-order valence-electron chi connectivity index (χ3n) is 7.04. The zero-order valence-corrected chi connectivity index (χ0v) is 26.7. The molecule has 0 fully saturated rings. The van der Waals surface area contributed by atoms with Gasteiger partial charge in [0.2, 0.25) is 0 Å². The number of ether oxygens (including phenoxy) is 3. The van der Waals surface area contributed by atoms with Gasteiger partial charge in [0.1, 0.15) is 6.61 Å². The lowest BCUT2D eigenvalue weighted by Crippen LogP contribution is -2.40. The van der Waals surface area contributed by atoms with Crippen LogP contribution in [0.3, 0.4) is 0 Å². The van der Waals surface area contributed by atoms with Gasteiger partial charge in [-0.25, -0.2) is 9.79 Å². The molecule has 4 aromatic rings. The fraction of sp³-hybridized carbons (Fsp3) is 0.219. The van der Waals surface area contributed by atoms with E-state index in [4.69, 9.17) is 14.2 Å². The van der Waals surface area contributed by atoms with Crippen molar-refractivity contribution < 1.29 is 23.9 Å². The molecule has 5 rings (SSSR count). The molecule has 0 amide bonds. The van der Waals surface area contributed by atoms with Gasteiger partial charge in [-0.1, -0.05) is 53.8 Å². The molecule has 226 valence electrons. The Kier molecular flexibility index (Phi) is 9.12. The average molecular weight is 679 g/mol. The van der Waals surface area contributed by atoms with Crippen molar-refractivity contribution in [3.05, 3.63) is 128 Å². The molecule has 1 aliphatic heterocycles. The predicted molar refractivity (Wildman–Crippen MR) is 170 cm³/mol. The molecule has 1 atom stereocenters. The van der Waals surface area contributed by atoms with Gasteiger partial charge < -0.3 is 14.2 Å². The van der Waals surface area contributed by atoms with Crippen molar-refractivity contribution in [2.45, 2.75) is 33.4 Å². The van der Waals surface area contributed by atoms with Crippen molar-refractivity contribution in [3.63, 3.8) is 0 Å². The molecule has 2 heterocycles. The molecule has 0 radical (unpaired) electrons. The molecular formula is C32H28BrN3O7S. The summed E-state index contributed by atoms with van der Waals surface area (Å²) < 4.78 is 19.4. The fourth-order valence-electron chi connectivity index (χ4n) is 4.94. The van der Waals surface area contributed by atoms with Crippen LogP contribution in [-0.4, -0.2) is 29.2 Å². The Balaban J connectivity index is 1.62. The number of hydrogen-bond donors (Lipinski definition) is 0. The van der Waals surface area contributed by atoms with Gasteiger partial charge in [0, 0.05) is 11.6 Å². The number of nitro benzene ring substituents is 1. The summed E-state index contributed by atoms with van der Waals surface area (Å²) in [6, 6.07) is 17.0. The standard InChI is InChI=1S/C32H28BrN3O7S/c1-5-42-31(38)27-19(3)34-32-35(28(27)22-12-11-18(2)24(16-22)36(39)40)30(37)26(44-32)15-21-13-23(33)29(25(14-21)41-4)43-17-20-9-7-6-8-10-20/h6-16,28H,5,17H2,1-4H3/b26-15+/t28-/m1/s1. The molecule has 3 aromatic carbocycles. The van der Waals surface area contributed by atoms with Crippen molar-refractivity contribution in [3.8, 4) is 11.5 Å². The average Bonchev–Trinajstić information content (AvgIpc) is 3.30. The van der Waals surface area contributed by atoms with Crippen LogP contribution in [0.5, 0.6) is 11.5 Å². The topological polar surface area (TPSA) is 122 Å². The highest BCUT2D eigenvalue weighted by atomic mass is 79.9. The summed E-state index contributed by atoms with van der Waals surface area (Å²) in [7, 11) is 1.54. The lowest BCUT2D eigenvalue weighted by Gasteiger charge is -2.24. The Bertz CT molecular complexity index is 1980. The van der Waals surface area contributed by atoms with Gasteiger partial charge in [-0.3, -0.25) is 19.5 Å². The summed E-state index contributed by atoms with van der Waals surface area (Å²) in [5.74, 6) is 0.348. The third kappa shape index (κ3) is 6.08. The summed E-state index contributed by atoms with van der Waals surface area (Å²) in [5, 5.41) is 11.8. The predicted octanol–water partition coefficient (Wildman–Crippen LogP) is 5.37. The third-order valence-corrected chi connectivity index (χ3v) is 8.61. The number of nitro groups is 1. The van der Waals surface area contributed by atoms with Gasteiger partial charge in [-0.05, 0) is 71.6 Å². The van der Waals surface area contributed by atoms with Crippen LogP contribution in [0.15, 0.2) is 86.2 Å². The van der Waals surface area contributed by atoms with Crippen LogP contribution in [0.1, 0.15) is 42.1 Å². The number of allylic oxidation sites excluding steroid dienone is 1. The van der Waals surface area contributed by atoms with E-state index in [1.54, 1.807) is 45.0 Å². The largest absolute Gasteiger partial charge is 0.493 e. The normalized spacial score (nSPS) is 14.6. The molecule has 44 heavy (non-hydrogen) atoms. The highest BCUT2D eigenvalue weighted by Crippen LogP contribution is 2.38. The Morgan fingerprint density at radius 1 is 1.16 bits per heavy atom. The monoisotopic (exact) mass is 677 g/mol. The molecule has 12 heteroatoms. The highest BCUT2D eigenvalue weighted by molar-refractivity contribution is 9.10. The number of aromatic nitrogens is 1. The van der Waals surface area contributed by atoms with Crippen LogP contribution in [-0.2, 0) is 16.1 Å². The number of nitrogens with zero attached hydrogens (tertiary/aromatic N) is 3. The molecule has 0 aliphatic carbocycles. The van der Waals surface area contributed by atoms with Crippen LogP contribution in [0.4, 0.5) is 5.69 Å². The summed E-state index contributed by atoms with van der Waals surface area (Å²) in [5.41, 5.74) is 2.51. The number of hydrogen-bond acceptors (Lipinski definition) is 9. The second-order valence-corrected chi connectivity index (χ2v) is 11.8. The summed E-state index contributed by atoms with van der Waals surface area (Å²) >= 11 is 4.73. The summed E-state index contributed by atoms with van der Waals surface area (Å²) in [6.45, 7) is 5.43. The van der Waals surface area contributed by atoms with Crippen molar-refractivity contribution in [2.24, 2.45) is 4.99 Å². The lowest BCUT2D eigenvalue weighted by atomic mass is 9.94. The van der Waals surface area contributed by atoms with Crippen LogP contribution in [0.25, 0.3) is 6.08 Å². The van der Waals surface area contributed by atoms with Crippen LogP contribution in [0, 0.1) is 17.0 Å². The van der Waals surface area contributed by atoms with Gasteiger partial charge in [-0.15, -0.1) is 0 Å². The minimum absolute atomic E-state index is 0.114. The highest BCUT2D eigenvalue weighted by Gasteiger charge is 2.34. The zero-order valence-electron chi connectivity index (χ0n) is 24.3. The van der Waals surface area contributed by atoms with Crippen molar-refractivity contribution >= 4 is 45.0 Å². The van der Waals surface area contributed by atoms with E-state index in [-0.39, 0.29) is 17.9 Å². The number of methoxy groups -OCH3 is 1. The maximum absolute atomic E-state index is 14.0. The summed E-state index contributed by atoms with van der Waals surface area (Å²) in [6.07, 6.45) is 1.70. The summed E-state index contributed by atoms with van der Waals surface area (Å²) in [4.78, 5) is 43.4. The van der Waals surface area contributed by atoms with E-state index in [1.807, 2.05) is 36.4 Å². The van der Waals surface area contributed by atoms with E-state index in [0.29, 0.717) is 54.3 Å². The van der Waals surface area contributed by atoms with Crippen molar-refractivity contribution in [2.75, 3.05) is 13.7 Å². The van der Waals surface area contributed by atoms with Gasteiger partial charge in [-0.2, -0.15) is 0 Å². The Morgan fingerprint density at radius 3 is 2.59 bits per heavy atom. The molecule has 0 N–H and O–H groups in total. The fourth-order valence-corrected chi connectivity index (χ4v) is 6.57. The first-order valence-corrected chi connectivity index (χ1v) is 15.2. The van der Waals surface area contributed by atoms with Crippen LogP contribution in [0.2, 0.25) is 0 Å². The number of fused-ring (bicyclic) bond motifs is 1. The molecule has 0 bridgehead atoms. The van der Waals surface area contributed by atoms with E-state index in [1.165, 1.54) is 17.7 Å². The maximum Gasteiger partial charge on any atom is 0.338 e. The van der Waals surface area contributed by atoms with Crippen molar-refractivity contribution in [1.82, 2.24) is 4.57 Å². The SMILES string of the molecule is CCOC(=O)C1=C(C)N=c2s/c(=C/c3cc(Br)c(OCc4ccccc4)c(OC)c3)c(=O)n2[C@@H]1c1ccc(C)c([N+](=O)[O-])c1. The van der Waals surface area contributed by atoms with Gasteiger partial charge in [0.25, 0.3) is 11.2 Å². The number of halogens is 1. The van der Waals surface area contributed by atoms with E-state index >= 15 is 0 Å². The second kappa shape index (κ2) is 13.0. The Morgan fingerprint density at radius 2 is 1.91 bits per heavy atom. The molecule has 10 nitrogen and oxygen atoms in total. The van der Waals surface area contributed by atoms with Crippen LogP contribution >= 0.6 is 27.3 Å². The quantitative estimate of drug-likeness (QED) is 0.133. The number of aryl methyl sites for hydroxylation is 1. The number of rotatable bonds is 9. The lowest BCUT2D eigenvalue weighted by molar-refractivity contribution is -0.385. The number of benzene rings is 3. The zero-order chi connectivity index (χ0) is 31.5. The second-order valence-electron chi connectivity index (χ2n) is 9.91. The number of thiazole rings is 1.